The molecule has 1 aromatic carbocycles. The first kappa shape index (κ1) is 15.7. The molecule has 0 amide bonds. The maximum atomic E-state index is 13.6. The topological polar surface area (TPSA) is 69.7 Å². The van der Waals surface area contributed by atoms with Crippen molar-refractivity contribution in [3.05, 3.63) is 24.0 Å². The summed E-state index contributed by atoms with van der Waals surface area (Å²) in [5.74, 6) is -0.296. The highest BCUT2D eigenvalue weighted by molar-refractivity contribution is 8.00. The maximum Gasteiger partial charge on any atom is 0.303 e. The van der Waals surface area contributed by atoms with Gasteiger partial charge in [-0.25, -0.2) is 8.57 Å². The molecule has 0 N–H and O–H groups in total. The molecule has 0 heterocycles. The zero-order valence-corrected chi connectivity index (χ0v) is 12.2. The van der Waals surface area contributed by atoms with Gasteiger partial charge in [-0.1, -0.05) is 13.0 Å². The Bertz CT molecular complexity index is 520. The van der Waals surface area contributed by atoms with Crippen molar-refractivity contribution in [2.45, 2.75) is 16.7 Å². The number of thioether (sulfide) groups is 1. The van der Waals surface area contributed by atoms with E-state index in [1.165, 1.54) is 23.9 Å². The lowest BCUT2D eigenvalue weighted by molar-refractivity contribution is 0.139. The Morgan fingerprint density at radius 3 is 2.78 bits per heavy atom. The first-order valence-electron chi connectivity index (χ1n) is 4.89. The lowest BCUT2D eigenvalue weighted by Gasteiger charge is -2.09. The van der Waals surface area contributed by atoms with Crippen LogP contribution in [0.25, 0.3) is 0 Å². The van der Waals surface area contributed by atoms with Gasteiger partial charge in [-0.15, -0.1) is 11.8 Å². The minimum absolute atomic E-state index is 0.270. The highest BCUT2D eigenvalue weighted by Crippen LogP contribution is 2.29. The summed E-state index contributed by atoms with van der Waals surface area (Å²) in [5.41, 5.74) is 0. The standard InChI is InChI=1S/C9H12FO5PS2/c1-2-17-8-5-3-4-7(10)9(8)18(12,13)15-6-14-16-11/h3-5H,2,6,16H2,1H3. The van der Waals surface area contributed by atoms with Crippen molar-refractivity contribution in [2.75, 3.05) is 12.5 Å². The second-order valence-corrected chi connectivity index (χ2v) is 6.34. The van der Waals surface area contributed by atoms with Gasteiger partial charge in [0.25, 0.3) is 0 Å². The van der Waals surface area contributed by atoms with Crippen molar-refractivity contribution in [2.24, 2.45) is 0 Å². The third kappa shape index (κ3) is 4.07. The molecule has 0 aliphatic carbocycles. The molecule has 0 aliphatic rings. The zero-order chi connectivity index (χ0) is 13.6. The minimum Gasteiger partial charge on any atom is -0.304 e. The van der Waals surface area contributed by atoms with Crippen LogP contribution in [0.2, 0.25) is 0 Å². The third-order valence-corrected chi connectivity index (χ3v) is 4.48. The minimum atomic E-state index is -4.26. The van der Waals surface area contributed by atoms with E-state index in [0.29, 0.717) is 5.75 Å². The first-order chi connectivity index (χ1) is 8.53. The average molecular weight is 314 g/mol. The second kappa shape index (κ2) is 7.25. The molecule has 0 saturated heterocycles. The Hall–Kier alpha value is -0.400. The van der Waals surface area contributed by atoms with Crippen LogP contribution in [0.1, 0.15) is 6.92 Å². The predicted molar refractivity (Wildman–Crippen MR) is 67.4 cm³/mol. The van der Waals surface area contributed by atoms with Crippen LogP contribution in [0.4, 0.5) is 4.39 Å². The molecule has 1 rings (SSSR count). The Morgan fingerprint density at radius 2 is 2.17 bits per heavy atom. The largest absolute Gasteiger partial charge is 0.304 e. The van der Waals surface area contributed by atoms with Crippen molar-refractivity contribution in [1.82, 2.24) is 0 Å². The fourth-order valence-corrected chi connectivity index (χ4v) is 3.52. The molecule has 0 radical (unpaired) electrons. The van der Waals surface area contributed by atoms with Gasteiger partial charge in [-0.05, 0) is 17.9 Å². The number of hydrogen-bond donors (Lipinski definition) is 0. The van der Waals surface area contributed by atoms with Gasteiger partial charge in [0.1, 0.15) is 10.7 Å². The SMILES string of the molecule is CCSc1cccc(F)c1S(=O)(=O)OCO[PH2]=O. The molecule has 18 heavy (non-hydrogen) atoms. The third-order valence-electron chi connectivity index (χ3n) is 1.82. The zero-order valence-electron chi connectivity index (χ0n) is 9.46. The van der Waals surface area contributed by atoms with Gasteiger partial charge in [0.05, 0.1) is 0 Å². The molecule has 0 saturated carbocycles. The molecule has 0 aromatic heterocycles. The molecule has 1 aromatic rings. The number of hydrogen-bond acceptors (Lipinski definition) is 6. The normalized spacial score (nSPS) is 12.3. The summed E-state index contributed by atoms with van der Waals surface area (Å²) in [6.07, 6.45) is 0. The van der Waals surface area contributed by atoms with Crippen LogP contribution in [0, 0.1) is 5.82 Å². The Kier molecular flexibility index (Phi) is 6.31. The summed E-state index contributed by atoms with van der Waals surface area (Å²) in [6.45, 7) is 1.13. The van der Waals surface area contributed by atoms with Crippen LogP contribution in [-0.4, -0.2) is 21.0 Å². The average Bonchev–Trinajstić information content (AvgIpc) is 2.29. The van der Waals surface area contributed by atoms with Gasteiger partial charge in [0.15, 0.2) is 15.5 Å². The van der Waals surface area contributed by atoms with Crippen molar-refractivity contribution in [3.63, 3.8) is 0 Å². The molecule has 102 valence electrons. The van der Waals surface area contributed by atoms with Crippen LogP contribution in [-0.2, 0) is 23.4 Å². The smallest absolute Gasteiger partial charge is 0.303 e. The van der Waals surface area contributed by atoms with Crippen molar-refractivity contribution in [3.8, 4) is 0 Å². The number of rotatable bonds is 7. The molecule has 9 heteroatoms. The molecular weight excluding hydrogens is 302 g/mol. The molecule has 1 unspecified atom stereocenters. The van der Waals surface area contributed by atoms with Gasteiger partial charge < -0.3 is 4.52 Å². The van der Waals surface area contributed by atoms with Crippen LogP contribution in [0.3, 0.4) is 0 Å². The Labute approximate surface area is 110 Å². The molecule has 0 bridgehead atoms. The van der Waals surface area contributed by atoms with E-state index in [0.717, 1.165) is 6.07 Å². The van der Waals surface area contributed by atoms with E-state index in [4.69, 9.17) is 0 Å². The first-order valence-corrected chi connectivity index (χ1v) is 8.22. The molecule has 1 atom stereocenters. The molecular formula is C9H12FO5PS2. The predicted octanol–water partition coefficient (Wildman–Crippen LogP) is 2.29. The van der Waals surface area contributed by atoms with Crippen LogP contribution in [0.15, 0.2) is 28.0 Å². The van der Waals surface area contributed by atoms with Crippen LogP contribution in [0.5, 0.6) is 0 Å². The Balaban J connectivity index is 3.09. The van der Waals surface area contributed by atoms with Gasteiger partial charge in [-0.3, -0.25) is 4.57 Å². The van der Waals surface area contributed by atoms with E-state index < -0.39 is 36.3 Å². The lowest BCUT2D eigenvalue weighted by atomic mass is 10.3. The van der Waals surface area contributed by atoms with E-state index in [9.17, 15) is 17.4 Å². The van der Waals surface area contributed by atoms with Gasteiger partial charge in [0.2, 0.25) is 0 Å². The summed E-state index contributed by atoms with van der Waals surface area (Å²) >= 11 is 1.19. The summed E-state index contributed by atoms with van der Waals surface area (Å²) in [5, 5.41) is 0. The molecule has 5 nitrogen and oxygen atoms in total. The Morgan fingerprint density at radius 1 is 1.44 bits per heavy atom. The second-order valence-electron chi connectivity index (χ2n) is 2.95. The highest BCUT2D eigenvalue weighted by atomic mass is 32.2. The molecule has 0 spiro atoms. The van der Waals surface area contributed by atoms with Crippen LogP contribution >= 0.6 is 20.4 Å². The fourth-order valence-electron chi connectivity index (χ4n) is 1.18. The number of halogens is 1. The van der Waals surface area contributed by atoms with E-state index in [1.807, 2.05) is 6.92 Å². The molecule has 0 aliphatic heterocycles. The van der Waals surface area contributed by atoms with Gasteiger partial charge >= 0.3 is 10.1 Å². The van der Waals surface area contributed by atoms with E-state index in [-0.39, 0.29) is 4.90 Å². The van der Waals surface area contributed by atoms with Gasteiger partial charge in [-0.2, -0.15) is 8.42 Å². The quantitative estimate of drug-likeness (QED) is 0.253. The van der Waals surface area contributed by atoms with Crippen molar-refractivity contribution < 1.29 is 26.1 Å². The highest BCUT2D eigenvalue weighted by Gasteiger charge is 2.24. The summed E-state index contributed by atoms with van der Waals surface area (Å²) in [6, 6.07) is 3.95. The summed E-state index contributed by atoms with van der Waals surface area (Å²) in [4.78, 5) is -0.242. The van der Waals surface area contributed by atoms with Crippen LogP contribution < -0.4 is 0 Å². The van der Waals surface area contributed by atoms with Crippen molar-refractivity contribution in [1.29, 1.82) is 0 Å². The molecule has 0 fully saturated rings. The summed E-state index contributed by atoms with van der Waals surface area (Å²) in [7, 11) is -5.83. The monoisotopic (exact) mass is 314 g/mol. The summed E-state index contributed by atoms with van der Waals surface area (Å²) < 4.78 is 56.0. The maximum absolute atomic E-state index is 13.6. The lowest BCUT2D eigenvalue weighted by Crippen LogP contribution is -2.11. The van der Waals surface area contributed by atoms with E-state index in [2.05, 4.69) is 8.71 Å². The fraction of sp³-hybridized carbons (Fsp3) is 0.333. The van der Waals surface area contributed by atoms with Gasteiger partial charge in [0, 0.05) is 4.90 Å². The van der Waals surface area contributed by atoms with E-state index in [1.54, 1.807) is 0 Å². The van der Waals surface area contributed by atoms with E-state index >= 15 is 0 Å². The van der Waals surface area contributed by atoms with Crippen molar-refractivity contribution >= 4 is 30.6 Å². The number of benzene rings is 1.